The van der Waals surface area contributed by atoms with E-state index in [-0.39, 0.29) is 0 Å². The van der Waals surface area contributed by atoms with E-state index in [4.69, 9.17) is 15.7 Å². The first-order chi connectivity index (χ1) is 6.27. The second kappa shape index (κ2) is 4.93. The molecule has 1 aromatic carbocycles. The fourth-order valence-electron chi connectivity index (χ4n) is 0.810. The Bertz CT molecular complexity index is 281. The van der Waals surface area contributed by atoms with Gasteiger partial charge in [0.25, 0.3) is 0 Å². The van der Waals surface area contributed by atoms with Crippen LogP contribution in [0.25, 0.3) is 0 Å². The lowest BCUT2D eigenvalue weighted by molar-refractivity contribution is -0.432. The highest BCUT2D eigenvalue weighted by molar-refractivity contribution is 7.94. The minimum atomic E-state index is 0.574. The summed E-state index contributed by atoms with van der Waals surface area (Å²) in [5.74, 6) is 0.594. The Hall–Kier alpha value is -0.950. The molecule has 1 rings (SSSR count). The molecule has 72 valence electrons. The van der Waals surface area contributed by atoms with E-state index in [0.717, 1.165) is 12.0 Å². The molecule has 0 heterocycles. The average molecular weight is 203 g/mol. The molecule has 13 heavy (non-hydrogen) atoms. The van der Waals surface area contributed by atoms with Crippen molar-refractivity contribution in [3.05, 3.63) is 18.2 Å². The van der Waals surface area contributed by atoms with Crippen LogP contribution in [-0.2, 0) is 9.37 Å². The number of nitrogen functional groups attached to an aromatic ring is 1. The Morgan fingerprint density at radius 1 is 1.46 bits per heavy atom. The Labute approximate surface area is 79.5 Å². The monoisotopic (exact) mass is 203 g/mol. The van der Waals surface area contributed by atoms with Gasteiger partial charge >= 0.3 is 0 Å². The van der Waals surface area contributed by atoms with Crippen molar-refractivity contribution in [2.24, 2.45) is 0 Å². The Balaban J connectivity index is 2.81. The minimum Gasteiger partial charge on any atom is -0.495 e. The second-order valence-corrected chi connectivity index (χ2v) is 2.88. The van der Waals surface area contributed by atoms with Gasteiger partial charge in [0.1, 0.15) is 5.75 Å². The Kier molecular flexibility index (Phi) is 3.84. The van der Waals surface area contributed by atoms with Crippen LogP contribution in [0.15, 0.2) is 23.1 Å². The van der Waals surface area contributed by atoms with E-state index in [1.54, 1.807) is 18.2 Å². The second-order valence-electron chi connectivity index (χ2n) is 2.14. The van der Waals surface area contributed by atoms with Gasteiger partial charge in [-0.05, 0) is 18.2 Å². The summed E-state index contributed by atoms with van der Waals surface area (Å²) in [6.45, 7) is 0. The largest absolute Gasteiger partial charge is 0.495 e. The summed E-state index contributed by atoms with van der Waals surface area (Å²) in [7, 11) is 1.52. The molecule has 0 aromatic heterocycles. The van der Waals surface area contributed by atoms with E-state index in [1.807, 2.05) is 0 Å². The first kappa shape index (κ1) is 10.1. The predicted molar refractivity (Wildman–Crippen MR) is 48.1 cm³/mol. The predicted octanol–water partition coefficient (Wildman–Crippen LogP) is 1.71. The first-order valence-corrected chi connectivity index (χ1v) is 4.10. The number of hydrogen-bond acceptors (Lipinski definition) is 6. The van der Waals surface area contributed by atoms with E-state index < -0.39 is 0 Å². The Morgan fingerprint density at radius 2 is 2.23 bits per heavy atom. The normalized spacial score (nSPS) is 10.0. The maximum atomic E-state index is 7.95. The molecule has 0 aliphatic heterocycles. The zero-order valence-electron chi connectivity index (χ0n) is 6.89. The van der Waals surface area contributed by atoms with Crippen molar-refractivity contribution < 1.29 is 19.4 Å². The maximum absolute atomic E-state index is 7.95. The molecule has 3 N–H and O–H groups in total. The number of hydrogen-bond donors (Lipinski definition) is 2. The van der Waals surface area contributed by atoms with Gasteiger partial charge in [0, 0.05) is 5.69 Å². The molecular formula is C7H9NO4S. The minimum absolute atomic E-state index is 0.574. The summed E-state index contributed by atoms with van der Waals surface area (Å²) in [6.07, 6.45) is 0. The van der Waals surface area contributed by atoms with Crippen molar-refractivity contribution in [1.82, 2.24) is 0 Å². The lowest BCUT2D eigenvalue weighted by Crippen LogP contribution is -1.90. The lowest BCUT2D eigenvalue weighted by atomic mass is 10.3. The third kappa shape index (κ3) is 2.78. The molecule has 6 heteroatoms. The average Bonchev–Trinajstić information content (AvgIpc) is 2.15. The van der Waals surface area contributed by atoms with Crippen molar-refractivity contribution >= 4 is 17.7 Å². The van der Waals surface area contributed by atoms with Crippen LogP contribution in [0.2, 0.25) is 0 Å². The van der Waals surface area contributed by atoms with Crippen molar-refractivity contribution in [1.29, 1.82) is 0 Å². The SMILES string of the molecule is COc1ccc(N)cc1SOOO. The van der Waals surface area contributed by atoms with Gasteiger partial charge in [-0.1, -0.05) is 5.04 Å². The summed E-state index contributed by atoms with van der Waals surface area (Å²) in [5.41, 5.74) is 6.10. The smallest absolute Gasteiger partial charge is 0.135 e. The molecular weight excluding hydrogens is 194 g/mol. The number of nitrogens with two attached hydrogens (primary N) is 1. The quantitative estimate of drug-likeness (QED) is 0.336. The summed E-state index contributed by atoms with van der Waals surface area (Å²) in [4.78, 5) is 0.622. The highest BCUT2D eigenvalue weighted by Gasteiger charge is 2.05. The molecule has 0 atom stereocenters. The molecule has 0 bridgehead atoms. The molecule has 0 radical (unpaired) electrons. The van der Waals surface area contributed by atoms with Crippen LogP contribution in [0.5, 0.6) is 5.75 Å². The number of ether oxygens (including phenoxy) is 1. The summed E-state index contributed by atoms with van der Waals surface area (Å²) < 4.78 is 9.26. The highest BCUT2D eigenvalue weighted by Crippen LogP contribution is 2.31. The molecule has 0 aliphatic rings. The van der Waals surface area contributed by atoms with Gasteiger partial charge in [0.05, 0.1) is 24.0 Å². The van der Waals surface area contributed by atoms with Gasteiger partial charge < -0.3 is 10.5 Å². The van der Waals surface area contributed by atoms with Crippen LogP contribution in [-0.4, -0.2) is 12.4 Å². The number of benzene rings is 1. The van der Waals surface area contributed by atoms with Crippen molar-refractivity contribution in [2.75, 3.05) is 12.8 Å². The molecule has 0 saturated carbocycles. The van der Waals surface area contributed by atoms with Gasteiger partial charge in [-0.3, -0.25) is 0 Å². The molecule has 0 amide bonds. The molecule has 0 unspecified atom stereocenters. The summed E-state index contributed by atoms with van der Waals surface area (Å²) >= 11 is 0.809. The van der Waals surface area contributed by atoms with E-state index in [2.05, 4.69) is 9.37 Å². The fourth-order valence-corrected chi connectivity index (χ4v) is 1.33. The zero-order chi connectivity index (χ0) is 9.68. The van der Waals surface area contributed by atoms with Crippen LogP contribution in [0.4, 0.5) is 5.69 Å². The molecule has 0 spiro atoms. The number of anilines is 1. The van der Waals surface area contributed by atoms with Crippen molar-refractivity contribution in [2.45, 2.75) is 4.90 Å². The maximum Gasteiger partial charge on any atom is 0.135 e. The molecule has 0 aliphatic carbocycles. The summed E-state index contributed by atoms with van der Waals surface area (Å²) in [6, 6.07) is 5.03. The molecule has 5 nitrogen and oxygen atoms in total. The number of methoxy groups -OCH3 is 1. The third-order valence-electron chi connectivity index (χ3n) is 1.34. The van der Waals surface area contributed by atoms with Crippen LogP contribution in [0, 0.1) is 0 Å². The van der Waals surface area contributed by atoms with Gasteiger partial charge in [0.2, 0.25) is 0 Å². The zero-order valence-corrected chi connectivity index (χ0v) is 7.71. The van der Waals surface area contributed by atoms with Crippen LogP contribution >= 0.6 is 12.0 Å². The van der Waals surface area contributed by atoms with Gasteiger partial charge in [-0.25, -0.2) is 5.26 Å². The standard InChI is InChI=1S/C7H9NO4S/c1-10-6-3-2-5(8)4-7(6)13-12-11-9/h2-4,9H,8H2,1H3. The van der Waals surface area contributed by atoms with Gasteiger partial charge in [-0.15, -0.1) is 4.33 Å². The van der Waals surface area contributed by atoms with Gasteiger partial charge in [-0.2, -0.15) is 0 Å². The highest BCUT2D eigenvalue weighted by atomic mass is 32.2. The van der Waals surface area contributed by atoms with Crippen LogP contribution < -0.4 is 10.5 Å². The fraction of sp³-hybridized carbons (Fsp3) is 0.143. The molecule has 0 saturated heterocycles. The first-order valence-electron chi connectivity index (χ1n) is 3.36. The van der Waals surface area contributed by atoms with Gasteiger partial charge in [0.15, 0.2) is 0 Å². The molecule has 1 aromatic rings. The van der Waals surface area contributed by atoms with E-state index >= 15 is 0 Å². The van der Waals surface area contributed by atoms with E-state index in [1.165, 1.54) is 7.11 Å². The van der Waals surface area contributed by atoms with Crippen LogP contribution in [0.3, 0.4) is 0 Å². The summed E-state index contributed by atoms with van der Waals surface area (Å²) in [5, 5.41) is 11.4. The molecule has 0 fully saturated rings. The van der Waals surface area contributed by atoms with Crippen molar-refractivity contribution in [3.63, 3.8) is 0 Å². The lowest BCUT2D eigenvalue weighted by Gasteiger charge is -2.05. The van der Waals surface area contributed by atoms with E-state index in [0.29, 0.717) is 16.3 Å². The van der Waals surface area contributed by atoms with Crippen LogP contribution in [0.1, 0.15) is 0 Å². The topological polar surface area (TPSA) is 73.9 Å². The Morgan fingerprint density at radius 3 is 2.85 bits per heavy atom. The van der Waals surface area contributed by atoms with E-state index in [9.17, 15) is 0 Å². The van der Waals surface area contributed by atoms with Crippen molar-refractivity contribution in [3.8, 4) is 5.75 Å². The number of rotatable bonds is 4. The third-order valence-corrected chi connectivity index (χ3v) is 1.97.